The van der Waals surface area contributed by atoms with Crippen molar-refractivity contribution in [2.45, 2.75) is 19.4 Å². The first kappa shape index (κ1) is 12.3. The third-order valence-electron chi connectivity index (χ3n) is 1.89. The van der Waals surface area contributed by atoms with E-state index in [1.807, 2.05) is 0 Å². The average Bonchev–Trinajstić information content (AvgIpc) is 2.81. The van der Waals surface area contributed by atoms with Crippen molar-refractivity contribution < 1.29 is 4.74 Å². The zero-order chi connectivity index (χ0) is 13.2. The molecule has 18 heavy (non-hydrogen) atoms. The van der Waals surface area contributed by atoms with Crippen LogP contribution in [0.1, 0.15) is 13.8 Å². The molecule has 0 unspecified atom stereocenters. The van der Waals surface area contributed by atoms with Crippen molar-refractivity contribution in [3.8, 4) is 24.3 Å². The molecule has 2 aromatic rings. The van der Waals surface area contributed by atoms with Gasteiger partial charge in [0.15, 0.2) is 5.60 Å². The molecule has 2 rings (SSSR count). The Morgan fingerprint density at radius 2 is 2.17 bits per heavy atom. The number of halogens is 1. The minimum atomic E-state index is -0.843. The molecule has 92 valence electrons. The largest absolute Gasteiger partial charge is 0.444 e. The molecule has 8 heteroatoms. The van der Waals surface area contributed by atoms with Crippen molar-refractivity contribution in [3.63, 3.8) is 0 Å². The zero-order valence-electron chi connectivity index (χ0n) is 9.70. The highest BCUT2D eigenvalue weighted by atomic mass is 35.5. The van der Waals surface area contributed by atoms with Gasteiger partial charge in [0.2, 0.25) is 5.28 Å². The van der Waals surface area contributed by atoms with E-state index in [9.17, 15) is 0 Å². The van der Waals surface area contributed by atoms with E-state index >= 15 is 0 Å². The lowest BCUT2D eigenvalue weighted by Gasteiger charge is -2.18. The van der Waals surface area contributed by atoms with Gasteiger partial charge in [-0.2, -0.15) is 24.7 Å². The second kappa shape index (κ2) is 4.58. The fourth-order valence-corrected chi connectivity index (χ4v) is 1.19. The number of aromatic nitrogens is 6. The van der Waals surface area contributed by atoms with Crippen molar-refractivity contribution in [1.29, 1.82) is 0 Å². The Kier molecular flexibility index (Phi) is 3.12. The van der Waals surface area contributed by atoms with Crippen LogP contribution in [0.4, 0.5) is 0 Å². The highest BCUT2D eigenvalue weighted by Gasteiger charge is 2.19. The minimum absolute atomic E-state index is 0.0154. The van der Waals surface area contributed by atoms with E-state index < -0.39 is 5.60 Å². The van der Waals surface area contributed by atoms with Crippen LogP contribution in [0.15, 0.2) is 12.7 Å². The van der Waals surface area contributed by atoms with Crippen molar-refractivity contribution in [2.24, 2.45) is 0 Å². The van der Waals surface area contributed by atoms with Gasteiger partial charge in [-0.3, -0.25) is 0 Å². The van der Waals surface area contributed by atoms with Gasteiger partial charge in [0.25, 0.3) is 5.95 Å². The van der Waals surface area contributed by atoms with Crippen molar-refractivity contribution in [2.75, 3.05) is 0 Å². The summed E-state index contributed by atoms with van der Waals surface area (Å²) in [6.07, 6.45) is 8.10. The fraction of sp³-hybridized carbons (Fsp3) is 0.300. The van der Waals surface area contributed by atoms with E-state index in [2.05, 4.69) is 31.0 Å². The Bertz CT molecular complexity index is 589. The van der Waals surface area contributed by atoms with Gasteiger partial charge < -0.3 is 4.74 Å². The zero-order valence-corrected chi connectivity index (χ0v) is 10.5. The van der Waals surface area contributed by atoms with Gasteiger partial charge in [0.1, 0.15) is 12.7 Å². The molecule has 7 nitrogen and oxygen atoms in total. The van der Waals surface area contributed by atoms with Crippen LogP contribution >= 0.6 is 11.6 Å². The van der Waals surface area contributed by atoms with Crippen molar-refractivity contribution in [3.05, 3.63) is 17.9 Å². The van der Waals surface area contributed by atoms with Crippen LogP contribution < -0.4 is 4.74 Å². The molecule has 2 aromatic heterocycles. The number of rotatable bonds is 3. The standard InChI is InChI=1S/C10H9ClN6O/c1-4-10(2,3)18-9-15-7(11)14-8(16-9)17-6-12-5-13-17/h1,5-6H,2-3H3. The highest BCUT2D eigenvalue weighted by molar-refractivity contribution is 6.28. The summed E-state index contributed by atoms with van der Waals surface area (Å²) in [6, 6.07) is 0.0310. The van der Waals surface area contributed by atoms with Gasteiger partial charge in [0, 0.05) is 0 Å². The molecule has 0 spiro atoms. The first-order valence-corrected chi connectivity index (χ1v) is 5.31. The smallest absolute Gasteiger partial charge is 0.324 e. The second-order valence-electron chi connectivity index (χ2n) is 3.78. The number of terminal acetylenes is 1. The number of nitrogens with zero attached hydrogens (tertiary/aromatic N) is 6. The molecule has 0 aliphatic rings. The molecule has 0 radical (unpaired) electrons. The monoisotopic (exact) mass is 264 g/mol. The molecule has 0 saturated carbocycles. The third-order valence-corrected chi connectivity index (χ3v) is 2.06. The van der Waals surface area contributed by atoms with Gasteiger partial charge >= 0.3 is 6.01 Å². The molecule has 0 saturated heterocycles. The summed E-state index contributed by atoms with van der Waals surface area (Å²) in [5, 5.41) is 3.87. The van der Waals surface area contributed by atoms with Crippen LogP contribution in [0, 0.1) is 12.3 Å². The van der Waals surface area contributed by atoms with E-state index in [0.717, 1.165) is 0 Å². The molecule has 0 bridgehead atoms. The molecule has 0 N–H and O–H groups in total. The Morgan fingerprint density at radius 1 is 1.39 bits per heavy atom. The number of hydrogen-bond donors (Lipinski definition) is 0. The van der Waals surface area contributed by atoms with E-state index in [1.165, 1.54) is 17.3 Å². The Morgan fingerprint density at radius 3 is 2.78 bits per heavy atom. The Balaban J connectivity index is 2.37. The van der Waals surface area contributed by atoms with Crippen molar-refractivity contribution >= 4 is 11.6 Å². The molecular weight excluding hydrogens is 256 g/mol. The summed E-state index contributed by atoms with van der Waals surface area (Å²) in [6.45, 7) is 3.42. The molecule has 0 aromatic carbocycles. The second-order valence-corrected chi connectivity index (χ2v) is 4.12. The van der Waals surface area contributed by atoms with Gasteiger partial charge in [0.05, 0.1) is 0 Å². The molecule has 0 atom stereocenters. The summed E-state index contributed by atoms with van der Waals surface area (Å²) in [4.78, 5) is 15.6. The van der Waals surface area contributed by atoms with E-state index in [-0.39, 0.29) is 17.2 Å². The lowest BCUT2D eigenvalue weighted by Crippen LogP contribution is -2.27. The Hall–Kier alpha value is -2.20. The van der Waals surface area contributed by atoms with Gasteiger partial charge in [-0.1, -0.05) is 5.92 Å². The topological polar surface area (TPSA) is 78.6 Å². The van der Waals surface area contributed by atoms with E-state index in [1.54, 1.807) is 13.8 Å². The van der Waals surface area contributed by atoms with Gasteiger partial charge in [-0.15, -0.1) is 6.42 Å². The first-order valence-electron chi connectivity index (χ1n) is 4.93. The number of hydrogen-bond acceptors (Lipinski definition) is 6. The van der Waals surface area contributed by atoms with Crippen LogP contribution in [0.5, 0.6) is 6.01 Å². The van der Waals surface area contributed by atoms with Crippen molar-refractivity contribution in [1.82, 2.24) is 29.7 Å². The molecule has 0 fully saturated rings. The SMILES string of the molecule is C#CC(C)(C)Oc1nc(Cl)nc(-n2cncn2)n1. The Labute approximate surface area is 108 Å². The van der Waals surface area contributed by atoms with E-state index in [4.69, 9.17) is 22.8 Å². The van der Waals surface area contributed by atoms with Gasteiger partial charge in [-0.25, -0.2) is 4.98 Å². The maximum Gasteiger partial charge on any atom is 0.324 e. The summed E-state index contributed by atoms with van der Waals surface area (Å²) < 4.78 is 6.76. The lowest BCUT2D eigenvalue weighted by atomic mass is 10.2. The maximum atomic E-state index is 5.78. The fourth-order valence-electron chi connectivity index (χ4n) is 1.04. The molecule has 0 aliphatic carbocycles. The quantitative estimate of drug-likeness (QED) is 0.767. The summed E-state index contributed by atoms with van der Waals surface area (Å²) in [5.74, 6) is 2.67. The summed E-state index contributed by atoms with van der Waals surface area (Å²) in [5.41, 5.74) is -0.843. The van der Waals surface area contributed by atoms with Crippen LogP contribution in [0.25, 0.3) is 5.95 Å². The third kappa shape index (κ3) is 2.73. The average molecular weight is 265 g/mol. The molecule has 0 aliphatic heterocycles. The van der Waals surface area contributed by atoms with Crippen LogP contribution in [0.3, 0.4) is 0 Å². The van der Waals surface area contributed by atoms with Crippen LogP contribution in [-0.2, 0) is 0 Å². The first-order chi connectivity index (χ1) is 8.50. The molecule has 0 amide bonds. The van der Waals surface area contributed by atoms with Crippen LogP contribution in [-0.4, -0.2) is 35.3 Å². The summed E-state index contributed by atoms with van der Waals surface area (Å²) in [7, 11) is 0. The predicted molar refractivity (Wildman–Crippen MR) is 63.3 cm³/mol. The van der Waals surface area contributed by atoms with E-state index in [0.29, 0.717) is 0 Å². The molecular formula is C10H9ClN6O. The summed E-state index contributed by atoms with van der Waals surface area (Å²) >= 11 is 5.78. The maximum absolute atomic E-state index is 5.78. The highest BCUT2D eigenvalue weighted by Crippen LogP contribution is 2.15. The normalized spacial score (nSPS) is 11.0. The van der Waals surface area contributed by atoms with Crippen LogP contribution in [0.2, 0.25) is 5.28 Å². The van der Waals surface area contributed by atoms with Gasteiger partial charge in [-0.05, 0) is 25.4 Å². The molecule has 2 heterocycles. The minimum Gasteiger partial charge on any atom is -0.444 e. The number of ether oxygens (including phenoxy) is 1. The predicted octanol–water partition coefficient (Wildman–Crippen LogP) is 0.896. The lowest BCUT2D eigenvalue weighted by molar-refractivity contribution is 0.155.